The van der Waals surface area contributed by atoms with Gasteiger partial charge in [0.1, 0.15) is 17.6 Å². The number of primary amides is 1. The van der Waals surface area contributed by atoms with Crippen molar-refractivity contribution in [3.63, 3.8) is 0 Å². The Morgan fingerprint density at radius 1 is 1.22 bits per heavy atom. The highest BCUT2D eigenvalue weighted by Crippen LogP contribution is 2.22. The summed E-state index contributed by atoms with van der Waals surface area (Å²) in [7, 11) is 3.64. The first-order chi connectivity index (χ1) is 10.9. The van der Waals surface area contributed by atoms with Gasteiger partial charge in [0.05, 0.1) is 0 Å². The molecule has 2 amide bonds. The fourth-order valence-corrected chi connectivity index (χ4v) is 3.08. The number of carbonyl (C=O) groups is 2. The third-order valence-corrected chi connectivity index (χ3v) is 4.40. The van der Waals surface area contributed by atoms with Crippen molar-refractivity contribution in [1.29, 1.82) is 0 Å². The molecule has 122 valence electrons. The normalized spacial score (nSPS) is 19.3. The number of halogens is 1. The van der Waals surface area contributed by atoms with Crippen LogP contribution in [0.1, 0.15) is 10.5 Å². The molecule has 1 saturated heterocycles. The molecule has 1 unspecified atom stereocenters. The molecule has 1 aromatic carbocycles. The van der Waals surface area contributed by atoms with Crippen molar-refractivity contribution in [3.8, 4) is 0 Å². The number of rotatable bonds is 2. The zero-order chi connectivity index (χ0) is 16.7. The summed E-state index contributed by atoms with van der Waals surface area (Å²) >= 11 is 0. The molecule has 23 heavy (non-hydrogen) atoms. The standard InChI is InChI=1S/C16H19FN4O2/c1-19-5-6-21(14(9-19)15(18)22)16(23)13-8-10-7-11(17)3-4-12(10)20(13)2/h3-4,7-8,14H,5-6,9H2,1-2H3,(H2,18,22). The van der Waals surface area contributed by atoms with E-state index in [-0.39, 0.29) is 11.7 Å². The summed E-state index contributed by atoms with van der Waals surface area (Å²) in [6.45, 7) is 1.52. The number of carbonyl (C=O) groups excluding carboxylic acids is 2. The summed E-state index contributed by atoms with van der Waals surface area (Å²) in [6.07, 6.45) is 0. The van der Waals surface area contributed by atoms with Crippen LogP contribution in [0.5, 0.6) is 0 Å². The summed E-state index contributed by atoms with van der Waals surface area (Å²) in [5, 5.41) is 0.653. The lowest BCUT2D eigenvalue weighted by atomic mass is 10.1. The van der Waals surface area contributed by atoms with Gasteiger partial charge >= 0.3 is 0 Å². The van der Waals surface area contributed by atoms with Gasteiger partial charge in [0.15, 0.2) is 0 Å². The number of nitrogens with zero attached hydrogens (tertiary/aromatic N) is 3. The van der Waals surface area contributed by atoms with Crippen LogP contribution in [-0.2, 0) is 11.8 Å². The maximum absolute atomic E-state index is 13.4. The fourth-order valence-electron chi connectivity index (χ4n) is 3.08. The van der Waals surface area contributed by atoms with Gasteiger partial charge in [-0.3, -0.25) is 9.59 Å². The van der Waals surface area contributed by atoms with Crippen LogP contribution < -0.4 is 5.73 Å². The number of likely N-dealkylation sites (N-methyl/N-ethyl adjacent to an activating group) is 1. The molecule has 0 spiro atoms. The molecule has 1 aliphatic heterocycles. The molecule has 1 fully saturated rings. The van der Waals surface area contributed by atoms with Gasteiger partial charge in [0.25, 0.3) is 5.91 Å². The van der Waals surface area contributed by atoms with Crippen molar-refractivity contribution in [3.05, 3.63) is 35.8 Å². The Morgan fingerprint density at radius 2 is 1.96 bits per heavy atom. The first-order valence-corrected chi connectivity index (χ1v) is 7.42. The maximum Gasteiger partial charge on any atom is 0.271 e. The minimum Gasteiger partial charge on any atom is -0.368 e. The van der Waals surface area contributed by atoms with Crippen LogP contribution in [0.15, 0.2) is 24.3 Å². The van der Waals surface area contributed by atoms with Crippen LogP contribution >= 0.6 is 0 Å². The highest BCUT2D eigenvalue weighted by molar-refractivity contribution is 6.00. The molecule has 1 aliphatic rings. The van der Waals surface area contributed by atoms with Gasteiger partial charge < -0.3 is 20.1 Å². The predicted molar refractivity (Wildman–Crippen MR) is 84.4 cm³/mol. The van der Waals surface area contributed by atoms with E-state index in [1.54, 1.807) is 23.7 Å². The molecular formula is C16H19FN4O2. The van der Waals surface area contributed by atoms with E-state index < -0.39 is 11.9 Å². The maximum atomic E-state index is 13.4. The number of nitrogens with two attached hydrogens (primary N) is 1. The molecule has 3 rings (SSSR count). The minimum atomic E-state index is -0.656. The largest absolute Gasteiger partial charge is 0.368 e. The molecule has 0 radical (unpaired) electrons. The van der Waals surface area contributed by atoms with Gasteiger partial charge in [-0.15, -0.1) is 0 Å². The van der Waals surface area contributed by atoms with Crippen LogP contribution in [0, 0.1) is 5.82 Å². The van der Waals surface area contributed by atoms with E-state index in [1.807, 2.05) is 11.9 Å². The number of piperazine rings is 1. The quantitative estimate of drug-likeness (QED) is 0.879. The Labute approximate surface area is 133 Å². The Bertz CT molecular complexity index is 786. The fraction of sp³-hybridized carbons (Fsp3) is 0.375. The van der Waals surface area contributed by atoms with Crippen molar-refractivity contribution < 1.29 is 14.0 Å². The van der Waals surface area contributed by atoms with Crippen LogP contribution in [0.3, 0.4) is 0 Å². The number of aryl methyl sites for hydroxylation is 1. The highest BCUT2D eigenvalue weighted by atomic mass is 19.1. The second kappa shape index (κ2) is 5.66. The van der Waals surface area contributed by atoms with Crippen molar-refractivity contribution in [2.24, 2.45) is 12.8 Å². The van der Waals surface area contributed by atoms with Gasteiger partial charge in [0.2, 0.25) is 5.91 Å². The summed E-state index contributed by atoms with van der Waals surface area (Å²) in [4.78, 5) is 28.0. The molecule has 0 aliphatic carbocycles. The van der Waals surface area contributed by atoms with Gasteiger partial charge in [-0.1, -0.05) is 0 Å². The molecule has 2 aromatic rings. The minimum absolute atomic E-state index is 0.263. The number of hydrogen-bond donors (Lipinski definition) is 1. The lowest BCUT2D eigenvalue weighted by Gasteiger charge is -2.38. The molecule has 0 bridgehead atoms. The number of hydrogen-bond acceptors (Lipinski definition) is 3. The Morgan fingerprint density at radius 3 is 2.65 bits per heavy atom. The van der Waals surface area contributed by atoms with E-state index in [0.717, 1.165) is 5.52 Å². The smallest absolute Gasteiger partial charge is 0.271 e. The van der Waals surface area contributed by atoms with Crippen LogP contribution in [0.2, 0.25) is 0 Å². The zero-order valence-corrected chi connectivity index (χ0v) is 13.1. The number of amides is 2. The average Bonchev–Trinajstić information content (AvgIpc) is 2.82. The van der Waals surface area contributed by atoms with Crippen LogP contribution in [0.25, 0.3) is 10.9 Å². The molecule has 6 nitrogen and oxygen atoms in total. The Balaban J connectivity index is 1.99. The average molecular weight is 318 g/mol. The summed E-state index contributed by atoms with van der Waals surface area (Å²) < 4.78 is 15.1. The number of fused-ring (bicyclic) bond motifs is 1. The second-order valence-electron chi connectivity index (χ2n) is 5.97. The van der Waals surface area contributed by atoms with Crippen molar-refractivity contribution in [2.45, 2.75) is 6.04 Å². The van der Waals surface area contributed by atoms with Crippen molar-refractivity contribution in [2.75, 3.05) is 26.7 Å². The van der Waals surface area contributed by atoms with Gasteiger partial charge in [-0.25, -0.2) is 4.39 Å². The molecule has 0 saturated carbocycles. The van der Waals surface area contributed by atoms with E-state index in [9.17, 15) is 14.0 Å². The lowest BCUT2D eigenvalue weighted by molar-refractivity contribution is -0.124. The summed E-state index contributed by atoms with van der Waals surface area (Å²) in [6, 6.07) is 5.38. The third kappa shape index (κ3) is 2.68. The first kappa shape index (κ1) is 15.5. The Hall–Kier alpha value is -2.41. The predicted octanol–water partition coefficient (Wildman–Crippen LogP) is 0.559. The van der Waals surface area contributed by atoms with E-state index in [4.69, 9.17) is 5.73 Å². The van der Waals surface area contributed by atoms with E-state index >= 15 is 0 Å². The third-order valence-electron chi connectivity index (χ3n) is 4.40. The molecule has 2 heterocycles. The van der Waals surface area contributed by atoms with Gasteiger partial charge in [-0.05, 0) is 31.3 Å². The van der Waals surface area contributed by atoms with Crippen LogP contribution in [-0.4, -0.2) is 58.9 Å². The molecule has 1 atom stereocenters. The van der Waals surface area contributed by atoms with Gasteiger partial charge in [-0.2, -0.15) is 0 Å². The van der Waals surface area contributed by atoms with E-state index in [2.05, 4.69) is 0 Å². The molecular weight excluding hydrogens is 299 g/mol. The number of aromatic nitrogens is 1. The van der Waals surface area contributed by atoms with Crippen LogP contribution in [0.4, 0.5) is 4.39 Å². The lowest BCUT2D eigenvalue weighted by Crippen LogP contribution is -2.59. The van der Waals surface area contributed by atoms with Gasteiger partial charge in [0, 0.05) is 37.6 Å². The molecule has 7 heteroatoms. The summed E-state index contributed by atoms with van der Waals surface area (Å²) in [5.41, 5.74) is 6.63. The summed E-state index contributed by atoms with van der Waals surface area (Å²) in [5.74, 6) is -1.13. The van der Waals surface area contributed by atoms with E-state index in [1.165, 1.54) is 17.0 Å². The SMILES string of the molecule is CN1CCN(C(=O)c2cc3cc(F)ccc3n2C)C(C(N)=O)C1. The topological polar surface area (TPSA) is 71.6 Å². The van der Waals surface area contributed by atoms with Crippen molar-refractivity contribution in [1.82, 2.24) is 14.4 Å². The molecule has 1 aromatic heterocycles. The monoisotopic (exact) mass is 318 g/mol. The van der Waals surface area contributed by atoms with Crippen molar-refractivity contribution >= 4 is 22.7 Å². The number of benzene rings is 1. The molecule has 2 N–H and O–H groups in total. The Kier molecular flexibility index (Phi) is 3.81. The zero-order valence-electron chi connectivity index (χ0n) is 13.1. The van der Waals surface area contributed by atoms with E-state index in [0.29, 0.717) is 30.7 Å². The highest BCUT2D eigenvalue weighted by Gasteiger charge is 2.34. The first-order valence-electron chi connectivity index (χ1n) is 7.42. The second-order valence-corrected chi connectivity index (χ2v) is 5.97.